The van der Waals surface area contributed by atoms with E-state index in [0.717, 1.165) is 25.6 Å². The summed E-state index contributed by atoms with van der Waals surface area (Å²) < 4.78 is 0. The highest BCUT2D eigenvalue weighted by atomic mass is 16.4. The molecule has 1 saturated heterocycles. The molecular weight excluding hydrogens is 192 g/mol. The average molecular weight is 214 g/mol. The van der Waals surface area contributed by atoms with Gasteiger partial charge in [0.1, 0.15) is 5.54 Å². The van der Waals surface area contributed by atoms with Gasteiger partial charge in [0.2, 0.25) is 0 Å². The summed E-state index contributed by atoms with van der Waals surface area (Å²) in [5, 5.41) is 8.87. The van der Waals surface area contributed by atoms with Crippen LogP contribution in [0.5, 0.6) is 0 Å². The molecule has 0 spiro atoms. The molecule has 0 bridgehead atoms. The van der Waals surface area contributed by atoms with Crippen LogP contribution >= 0.6 is 0 Å². The SMILES string of the molecule is CC1CCN(CCC(C)(N)C(=O)O)CC1. The molecule has 0 aromatic rings. The fourth-order valence-electron chi connectivity index (χ4n) is 1.78. The Kier molecular flexibility index (Phi) is 4.11. The molecule has 4 heteroatoms. The predicted octanol–water partition coefficient (Wildman–Crippen LogP) is 0.910. The Labute approximate surface area is 91.4 Å². The first kappa shape index (κ1) is 12.5. The second-order valence-corrected chi connectivity index (χ2v) is 5.00. The van der Waals surface area contributed by atoms with Gasteiger partial charge in [0.25, 0.3) is 0 Å². The third kappa shape index (κ3) is 3.80. The molecule has 0 radical (unpaired) electrons. The zero-order valence-electron chi connectivity index (χ0n) is 9.70. The average Bonchev–Trinajstić information content (AvgIpc) is 2.17. The van der Waals surface area contributed by atoms with Crippen LogP contribution < -0.4 is 5.73 Å². The number of likely N-dealkylation sites (tertiary alicyclic amines) is 1. The van der Waals surface area contributed by atoms with Gasteiger partial charge in [-0.25, -0.2) is 0 Å². The summed E-state index contributed by atoms with van der Waals surface area (Å²) in [5.74, 6) is -0.0992. The van der Waals surface area contributed by atoms with Gasteiger partial charge >= 0.3 is 5.97 Å². The molecule has 1 aliphatic heterocycles. The van der Waals surface area contributed by atoms with Crippen molar-refractivity contribution in [3.8, 4) is 0 Å². The van der Waals surface area contributed by atoms with Gasteiger partial charge in [-0.15, -0.1) is 0 Å². The fourth-order valence-corrected chi connectivity index (χ4v) is 1.78. The van der Waals surface area contributed by atoms with E-state index in [4.69, 9.17) is 10.8 Å². The van der Waals surface area contributed by atoms with Gasteiger partial charge < -0.3 is 15.7 Å². The van der Waals surface area contributed by atoms with Crippen molar-refractivity contribution in [2.24, 2.45) is 11.7 Å². The van der Waals surface area contributed by atoms with Gasteiger partial charge in [0, 0.05) is 6.54 Å². The molecular formula is C11H22N2O2. The molecule has 1 fully saturated rings. The maximum absolute atomic E-state index is 10.8. The molecule has 1 rings (SSSR count). The quantitative estimate of drug-likeness (QED) is 0.730. The normalized spacial score (nSPS) is 23.7. The molecule has 3 N–H and O–H groups in total. The lowest BCUT2D eigenvalue weighted by atomic mass is 9.96. The Hall–Kier alpha value is -0.610. The monoisotopic (exact) mass is 214 g/mol. The lowest BCUT2D eigenvalue weighted by molar-refractivity contribution is -0.143. The van der Waals surface area contributed by atoms with E-state index in [1.165, 1.54) is 12.8 Å². The van der Waals surface area contributed by atoms with Crippen LogP contribution in [0.3, 0.4) is 0 Å². The Bertz CT molecular complexity index is 221. The van der Waals surface area contributed by atoms with Crippen LogP contribution in [-0.2, 0) is 4.79 Å². The third-order valence-electron chi connectivity index (χ3n) is 3.31. The van der Waals surface area contributed by atoms with Crippen molar-refractivity contribution in [3.05, 3.63) is 0 Å². The highest BCUT2D eigenvalue weighted by molar-refractivity contribution is 5.77. The highest BCUT2D eigenvalue weighted by Gasteiger charge is 2.28. The maximum Gasteiger partial charge on any atom is 0.323 e. The minimum Gasteiger partial charge on any atom is -0.480 e. The van der Waals surface area contributed by atoms with E-state index in [9.17, 15) is 4.79 Å². The van der Waals surface area contributed by atoms with Gasteiger partial charge in [0.15, 0.2) is 0 Å². The largest absolute Gasteiger partial charge is 0.480 e. The van der Waals surface area contributed by atoms with Crippen LogP contribution in [0.1, 0.15) is 33.1 Å². The molecule has 15 heavy (non-hydrogen) atoms. The summed E-state index contributed by atoms with van der Waals surface area (Å²) in [5.41, 5.74) is 4.60. The maximum atomic E-state index is 10.8. The van der Waals surface area contributed by atoms with Crippen molar-refractivity contribution in [1.29, 1.82) is 0 Å². The molecule has 1 unspecified atom stereocenters. The van der Waals surface area contributed by atoms with E-state index >= 15 is 0 Å². The first-order valence-corrected chi connectivity index (χ1v) is 5.66. The van der Waals surface area contributed by atoms with E-state index in [2.05, 4.69) is 11.8 Å². The van der Waals surface area contributed by atoms with Crippen LogP contribution in [0.2, 0.25) is 0 Å². The number of carbonyl (C=O) groups is 1. The molecule has 4 nitrogen and oxygen atoms in total. The minimum absolute atomic E-state index is 0.525. The molecule has 1 heterocycles. The molecule has 88 valence electrons. The Morgan fingerprint density at radius 3 is 2.53 bits per heavy atom. The molecule has 1 aliphatic rings. The summed E-state index contributed by atoms with van der Waals surface area (Å²) in [6.45, 7) is 6.81. The molecule has 0 saturated carbocycles. The second kappa shape index (κ2) is 4.94. The van der Waals surface area contributed by atoms with Crippen molar-refractivity contribution in [2.45, 2.75) is 38.6 Å². The van der Waals surface area contributed by atoms with Crippen LogP contribution in [0.15, 0.2) is 0 Å². The highest BCUT2D eigenvalue weighted by Crippen LogP contribution is 2.17. The van der Waals surface area contributed by atoms with Gasteiger partial charge in [0.05, 0.1) is 0 Å². The number of hydrogen-bond acceptors (Lipinski definition) is 3. The number of piperidine rings is 1. The Morgan fingerprint density at radius 1 is 1.53 bits per heavy atom. The number of aliphatic carboxylic acids is 1. The lowest BCUT2D eigenvalue weighted by Gasteiger charge is -2.32. The number of hydrogen-bond donors (Lipinski definition) is 2. The molecule has 0 aromatic heterocycles. The van der Waals surface area contributed by atoms with Crippen LogP contribution in [0.4, 0.5) is 0 Å². The summed E-state index contributed by atoms with van der Waals surface area (Å²) in [6.07, 6.45) is 2.96. The van der Waals surface area contributed by atoms with Gasteiger partial charge in [-0.05, 0) is 45.2 Å². The van der Waals surface area contributed by atoms with Crippen molar-refractivity contribution < 1.29 is 9.90 Å². The minimum atomic E-state index is -1.08. The second-order valence-electron chi connectivity index (χ2n) is 5.00. The summed E-state index contributed by atoms with van der Waals surface area (Å²) in [4.78, 5) is 13.1. The van der Waals surface area contributed by atoms with E-state index in [-0.39, 0.29) is 0 Å². The van der Waals surface area contributed by atoms with Crippen molar-refractivity contribution in [1.82, 2.24) is 4.90 Å². The van der Waals surface area contributed by atoms with Gasteiger partial charge in [-0.1, -0.05) is 6.92 Å². The van der Waals surface area contributed by atoms with Crippen LogP contribution in [0, 0.1) is 5.92 Å². The van der Waals surface area contributed by atoms with E-state index in [1.807, 2.05) is 0 Å². The summed E-state index contributed by atoms with van der Waals surface area (Å²) in [7, 11) is 0. The van der Waals surface area contributed by atoms with Gasteiger partial charge in [-0.2, -0.15) is 0 Å². The molecule has 0 amide bonds. The molecule has 0 aliphatic carbocycles. The topological polar surface area (TPSA) is 66.6 Å². The first-order valence-electron chi connectivity index (χ1n) is 5.66. The zero-order chi connectivity index (χ0) is 11.5. The van der Waals surface area contributed by atoms with Crippen LogP contribution in [0.25, 0.3) is 0 Å². The lowest BCUT2D eigenvalue weighted by Crippen LogP contribution is -2.48. The van der Waals surface area contributed by atoms with Crippen molar-refractivity contribution >= 4 is 5.97 Å². The predicted molar refractivity (Wildman–Crippen MR) is 59.7 cm³/mol. The van der Waals surface area contributed by atoms with Crippen molar-refractivity contribution in [3.63, 3.8) is 0 Å². The number of carboxylic acids is 1. The number of nitrogens with two attached hydrogens (primary N) is 1. The number of rotatable bonds is 4. The third-order valence-corrected chi connectivity index (χ3v) is 3.31. The smallest absolute Gasteiger partial charge is 0.323 e. The van der Waals surface area contributed by atoms with Crippen LogP contribution in [-0.4, -0.2) is 41.1 Å². The fraction of sp³-hybridized carbons (Fsp3) is 0.909. The zero-order valence-corrected chi connectivity index (χ0v) is 9.70. The Morgan fingerprint density at radius 2 is 2.07 bits per heavy atom. The first-order chi connectivity index (χ1) is 6.92. The van der Waals surface area contributed by atoms with Crippen molar-refractivity contribution in [2.75, 3.05) is 19.6 Å². The number of nitrogens with zero attached hydrogens (tertiary/aromatic N) is 1. The summed E-state index contributed by atoms with van der Waals surface area (Å²) in [6, 6.07) is 0. The standard InChI is InChI=1S/C11H22N2O2/c1-9-3-6-13(7-4-9)8-5-11(2,12)10(14)15/h9H,3-8,12H2,1-2H3,(H,14,15). The number of carboxylic acid groups (broad SMARTS) is 1. The Balaban J connectivity index is 2.28. The van der Waals surface area contributed by atoms with Gasteiger partial charge in [-0.3, -0.25) is 4.79 Å². The van der Waals surface area contributed by atoms with E-state index < -0.39 is 11.5 Å². The van der Waals surface area contributed by atoms with E-state index in [1.54, 1.807) is 6.92 Å². The van der Waals surface area contributed by atoms with E-state index in [0.29, 0.717) is 6.42 Å². The molecule has 1 atom stereocenters. The molecule has 0 aromatic carbocycles. The summed E-state index contributed by atoms with van der Waals surface area (Å²) >= 11 is 0.